The van der Waals surface area contributed by atoms with Crippen molar-refractivity contribution in [1.82, 2.24) is 0 Å². The molecule has 0 fully saturated rings. The van der Waals surface area contributed by atoms with Gasteiger partial charge in [-0.15, -0.1) is 0 Å². The van der Waals surface area contributed by atoms with E-state index in [4.69, 9.17) is 14.9 Å². The zero-order valence-electron chi connectivity index (χ0n) is 7.07. The van der Waals surface area contributed by atoms with Gasteiger partial charge in [0.1, 0.15) is 23.5 Å². The van der Waals surface area contributed by atoms with Gasteiger partial charge in [-0.05, 0) is 40.2 Å². The van der Waals surface area contributed by atoms with Gasteiger partial charge in [0.15, 0.2) is 0 Å². The third-order valence-corrected chi connectivity index (χ3v) is 2.05. The smallest absolute Gasteiger partial charge is 0.140 e. The van der Waals surface area contributed by atoms with Gasteiger partial charge < -0.3 is 4.42 Å². The van der Waals surface area contributed by atoms with Crippen LogP contribution < -0.4 is 0 Å². The van der Waals surface area contributed by atoms with Crippen LogP contribution in [-0.2, 0) is 0 Å². The summed E-state index contributed by atoms with van der Waals surface area (Å²) >= 11 is 3.26. The number of nitriles is 2. The molecule has 0 unspecified atom stereocenters. The second-order valence-corrected chi connectivity index (χ2v) is 3.15. The topological polar surface area (TPSA) is 60.7 Å². The van der Waals surface area contributed by atoms with Crippen LogP contribution in [0.3, 0.4) is 0 Å². The minimum Gasteiger partial charge on any atom is -0.464 e. The number of halogens is 1. The Morgan fingerprint density at radius 2 is 2.07 bits per heavy atom. The lowest BCUT2D eigenvalue weighted by molar-refractivity contribution is 0.556. The number of furan rings is 1. The van der Waals surface area contributed by atoms with Crippen molar-refractivity contribution in [3.05, 3.63) is 41.9 Å². The average Bonchev–Trinajstić information content (AvgIpc) is 2.72. The van der Waals surface area contributed by atoms with E-state index < -0.39 is 0 Å². The van der Waals surface area contributed by atoms with Crippen molar-refractivity contribution in [2.24, 2.45) is 0 Å². The molecular weight excluding hydrogens is 244 g/mol. The molecular formula is C10H5BrN2O. The van der Waals surface area contributed by atoms with Crippen LogP contribution in [0.25, 0.3) is 4.48 Å². The number of hydrogen-bond donors (Lipinski definition) is 0. The minimum atomic E-state index is 0.0495. The van der Waals surface area contributed by atoms with Crippen molar-refractivity contribution in [1.29, 1.82) is 10.5 Å². The Bertz CT molecular complexity index is 427. The molecule has 0 saturated heterocycles. The monoisotopic (exact) mass is 248 g/mol. The summed E-state index contributed by atoms with van der Waals surface area (Å²) in [6.07, 6.45) is 4.57. The first-order valence-corrected chi connectivity index (χ1v) is 4.49. The lowest BCUT2D eigenvalue weighted by Crippen LogP contribution is -1.71. The Hall–Kier alpha value is -1.78. The third-order valence-electron chi connectivity index (χ3n) is 1.39. The Kier molecular flexibility index (Phi) is 3.72. The number of allylic oxidation sites excluding steroid dienone is 3. The van der Waals surface area contributed by atoms with Gasteiger partial charge in [-0.2, -0.15) is 10.5 Å². The van der Waals surface area contributed by atoms with Crippen molar-refractivity contribution < 1.29 is 4.42 Å². The molecule has 1 rings (SSSR count). The fourth-order valence-electron chi connectivity index (χ4n) is 0.753. The molecule has 4 heteroatoms. The standard InChI is InChI=1S/C10H5BrN2O/c11-9(10-2-1-5-14-10)4-3-8(6-12)7-13/h1-5H. The second kappa shape index (κ2) is 5.06. The van der Waals surface area contributed by atoms with Crippen LogP contribution in [0.5, 0.6) is 0 Å². The third kappa shape index (κ3) is 2.62. The summed E-state index contributed by atoms with van der Waals surface area (Å²) in [7, 11) is 0. The predicted molar refractivity (Wildman–Crippen MR) is 54.9 cm³/mol. The van der Waals surface area contributed by atoms with E-state index >= 15 is 0 Å². The molecule has 3 nitrogen and oxygen atoms in total. The van der Waals surface area contributed by atoms with Crippen LogP contribution in [-0.4, -0.2) is 0 Å². The molecule has 0 aliphatic rings. The molecule has 0 saturated carbocycles. The minimum absolute atomic E-state index is 0.0495. The highest BCUT2D eigenvalue weighted by molar-refractivity contribution is 9.15. The van der Waals surface area contributed by atoms with E-state index in [1.165, 1.54) is 6.08 Å². The first-order chi connectivity index (χ1) is 6.77. The quantitative estimate of drug-likeness (QED) is 0.597. The van der Waals surface area contributed by atoms with Crippen LogP contribution in [0.2, 0.25) is 0 Å². The molecule has 0 bridgehead atoms. The summed E-state index contributed by atoms with van der Waals surface area (Å²) in [5.41, 5.74) is 0.0495. The fraction of sp³-hybridized carbons (Fsp3) is 0. The van der Waals surface area contributed by atoms with E-state index in [2.05, 4.69) is 15.9 Å². The zero-order chi connectivity index (χ0) is 10.4. The Labute approximate surface area is 89.7 Å². The molecule has 14 heavy (non-hydrogen) atoms. The van der Waals surface area contributed by atoms with Crippen molar-refractivity contribution in [3.63, 3.8) is 0 Å². The van der Waals surface area contributed by atoms with Crippen LogP contribution >= 0.6 is 15.9 Å². The number of hydrogen-bond acceptors (Lipinski definition) is 3. The summed E-state index contributed by atoms with van der Waals surface area (Å²) in [6, 6.07) is 7.04. The highest BCUT2D eigenvalue weighted by atomic mass is 79.9. The molecule has 68 valence electrons. The van der Waals surface area contributed by atoms with Gasteiger partial charge >= 0.3 is 0 Å². The number of rotatable bonds is 2. The molecule has 1 aromatic rings. The summed E-state index contributed by atoms with van der Waals surface area (Å²) in [4.78, 5) is 0. The lowest BCUT2D eigenvalue weighted by atomic mass is 10.3. The first-order valence-electron chi connectivity index (χ1n) is 3.69. The number of nitrogens with zero attached hydrogens (tertiary/aromatic N) is 2. The molecule has 0 aromatic carbocycles. The summed E-state index contributed by atoms with van der Waals surface area (Å²) in [5, 5.41) is 16.9. The molecule has 0 radical (unpaired) electrons. The van der Waals surface area contributed by atoms with Crippen LogP contribution in [0, 0.1) is 22.7 Å². The predicted octanol–water partition coefficient (Wildman–Crippen LogP) is 2.99. The van der Waals surface area contributed by atoms with E-state index in [1.807, 2.05) is 0 Å². The van der Waals surface area contributed by atoms with E-state index in [0.717, 1.165) is 0 Å². The van der Waals surface area contributed by atoms with Gasteiger partial charge in [0.2, 0.25) is 0 Å². The first kappa shape index (κ1) is 10.3. The SMILES string of the molecule is N#CC(C#N)=CC=C(Br)c1ccco1. The Balaban J connectivity index is 2.87. The maximum Gasteiger partial charge on any atom is 0.140 e. The maximum atomic E-state index is 8.46. The van der Waals surface area contributed by atoms with Gasteiger partial charge in [-0.25, -0.2) is 0 Å². The van der Waals surface area contributed by atoms with Crippen molar-refractivity contribution >= 4 is 20.4 Å². The van der Waals surface area contributed by atoms with Gasteiger partial charge in [-0.1, -0.05) is 0 Å². The highest BCUT2D eigenvalue weighted by Crippen LogP contribution is 2.21. The van der Waals surface area contributed by atoms with Crippen molar-refractivity contribution in [2.75, 3.05) is 0 Å². The van der Waals surface area contributed by atoms with Gasteiger partial charge in [0.25, 0.3) is 0 Å². The van der Waals surface area contributed by atoms with E-state index in [-0.39, 0.29) is 5.57 Å². The van der Waals surface area contributed by atoms with E-state index in [9.17, 15) is 0 Å². The highest BCUT2D eigenvalue weighted by Gasteiger charge is 1.98. The normalized spacial score (nSPS) is 10.1. The Morgan fingerprint density at radius 3 is 2.57 bits per heavy atom. The summed E-state index contributed by atoms with van der Waals surface area (Å²) < 4.78 is 5.77. The van der Waals surface area contributed by atoms with E-state index in [1.54, 1.807) is 36.6 Å². The molecule has 0 aliphatic heterocycles. The molecule has 0 amide bonds. The summed E-state index contributed by atoms with van der Waals surface area (Å²) in [6.45, 7) is 0. The maximum absolute atomic E-state index is 8.46. The molecule has 0 atom stereocenters. The zero-order valence-corrected chi connectivity index (χ0v) is 8.65. The molecule has 1 aromatic heterocycles. The Morgan fingerprint density at radius 1 is 1.36 bits per heavy atom. The van der Waals surface area contributed by atoms with Crippen molar-refractivity contribution in [3.8, 4) is 12.1 Å². The largest absolute Gasteiger partial charge is 0.464 e. The van der Waals surface area contributed by atoms with Gasteiger partial charge in [-0.3, -0.25) is 0 Å². The van der Waals surface area contributed by atoms with Gasteiger partial charge in [0, 0.05) is 0 Å². The molecule has 0 spiro atoms. The van der Waals surface area contributed by atoms with Crippen LogP contribution in [0.15, 0.2) is 40.5 Å². The van der Waals surface area contributed by atoms with Gasteiger partial charge in [0.05, 0.1) is 10.7 Å². The molecule has 0 N–H and O–H groups in total. The van der Waals surface area contributed by atoms with Crippen molar-refractivity contribution in [2.45, 2.75) is 0 Å². The average molecular weight is 249 g/mol. The fourth-order valence-corrected chi connectivity index (χ4v) is 1.11. The van der Waals surface area contributed by atoms with Crippen LogP contribution in [0.4, 0.5) is 0 Å². The van der Waals surface area contributed by atoms with E-state index in [0.29, 0.717) is 10.2 Å². The molecule has 1 heterocycles. The second-order valence-electron chi connectivity index (χ2n) is 2.30. The van der Waals surface area contributed by atoms with Crippen LogP contribution in [0.1, 0.15) is 5.76 Å². The lowest BCUT2D eigenvalue weighted by Gasteiger charge is -1.89. The summed E-state index contributed by atoms with van der Waals surface area (Å²) in [5.74, 6) is 0.650. The molecule has 0 aliphatic carbocycles.